The van der Waals surface area contributed by atoms with Crippen LogP contribution in [0.1, 0.15) is 99.8 Å². The SMILES string of the molecule is CC1OC(OC2CCC3(C)C4=CC=C5C6CC(C)(C)CCC6(CO)C(O)CC5(C)C4(C)CCC3C2(C)CO)C(OC2OC(CO)C(O)C(O)C2O)C(OC2OC(COC3OC(CO)C(OC4OC(CO)C(O)C(O)C4O)C(O)C3O)C(O)C(O)C2O)C1O. The summed E-state index contributed by atoms with van der Waals surface area (Å²) in [7, 11) is 0. The molecule has 0 aromatic carbocycles. The molecule has 506 valence electrons. The van der Waals surface area contributed by atoms with Crippen LogP contribution in [0.4, 0.5) is 0 Å². The topological polar surface area (TPSA) is 456 Å². The summed E-state index contributed by atoms with van der Waals surface area (Å²) in [5.74, 6) is -0.263. The lowest BCUT2D eigenvalue weighted by Crippen LogP contribution is -2.68. The van der Waals surface area contributed by atoms with Gasteiger partial charge >= 0.3 is 0 Å². The zero-order valence-corrected chi connectivity index (χ0v) is 50.9. The van der Waals surface area contributed by atoms with Crippen LogP contribution in [0.25, 0.3) is 0 Å². The molecule has 18 N–H and O–H groups in total. The summed E-state index contributed by atoms with van der Waals surface area (Å²) in [6, 6.07) is 0. The van der Waals surface area contributed by atoms with E-state index in [0.717, 1.165) is 19.3 Å². The second kappa shape index (κ2) is 25.8. The lowest BCUT2D eigenvalue weighted by Gasteiger charge is -2.69. The molecule has 9 fully saturated rings. The highest BCUT2D eigenvalue weighted by Gasteiger charge is 2.69. The average molecular weight is 1270 g/mol. The van der Waals surface area contributed by atoms with Crippen LogP contribution in [0.5, 0.6) is 0 Å². The van der Waals surface area contributed by atoms with Gasteiger partial charge in [0.15, 0.2) is 31.5 Å². The fraction of sp³-hybridized carbons (Fsp3) is 0.933. The standard InChI is InChI=1S/C60H98O28/c1-24-35(67)48(87-53-45(77)41(73)38(70)30(84-53)21-79-50-46(78)42(74)47(29(20-63)83-50)86-51-43(75)39(71)36(68)27(18-61)81-51)49(88-52-44(76)40(72)37(69)28(19-62)82-52)54(80-24)85-34-11-12-56(4)31(57(34,5)22-64)10-13-58(6)32(56)9-8-25-26-16-55(2,3)14-15-60(26,23-65)33(66)17-59(25,58)7/h8-9,24,26-31,33-54,61-78H,10-23H2,1-7H3. The van der Waals surface area contributed by atoms with Crippen LogP contribution in [-0.4, -0.2) is 297 Å². The maximum absolute atomic E-state index is 12.2. The Morgan fingerprint density at radius 3 is 1.53 bits per heavy atom. The third kappa shape index (κ3) is 11.4. The predicted octanol–water partition coefficient (Wildman–Crippen LogP) is -4.85. The average Bonchev–Trinajstić information content (AvgIpc) is 0.676. The normalized spacial score (nSPS) is 54.7. The Kier molecular flexibility index (Phi) is 20.3. The van der Waals surface area contributed by atoms with E-state index >= 15 is 0 Å². The van der Waals surface area contributed by atoms with Crippen molar-refractivity contribution in [2.45, 2.75) is 266 Å². The predicted molar refractivity (Wildman–Crippen MR) is 297 cm³/mol. The molecule has 34 atom stereocenters. The highest BCUT2D eigenvalue weighted by molar-refractivity contribution is 5.46. The monoisotopic (exact) mass is 1270 g/mol. The molecule has 34 unspecified atom stereocenters. The summed E-state index contributed by atoms with van der Waals surface area (Å²) in [5.41, 5.74) is -0.633. The number of hydrogen-bond acceptors (Lipinski definition) is 28. The van der Waals surface area contributed by atoms with Gasteiger partial charge in [0, 0.05) is 16.2 Å². The van der Waals surface area contributed by atoms with Crippen LogP contribution in [0, 0.1) is 44.3 Å². The Morgan fingerprint density at radius 1 is 0.455 bits per heavy atom. The van der Waals surface area contributed by atoms with Crippen molar-refractivity contribution in [3.63, 3.8) is 0 Å². The molecule has 0 aromatic rings. The van der Waals surface area contributed by atoms with Crippen molar-refractivity contribution in [1.29, 1.82) is 0 Å². The van der Waals surface area contributed by atoms with Crippen molar-refractivity contribution < 1.29 is 139 Å². The quantitative estimate of drug-likeness (QED) is 0.0645. The minimum atomic E-state index is -2.10. The molecule has 5 heterocycles. The maximum Gasteiger partial charge on any atom is 0.187 e. The molecule has 5 saturated heterocycles. The van der Waals surface area contributed by atoms with Gasteiger partial charge in [-0.2, -0.15) is 0 Å². The minimum Gasteiger partial charge on any atom is -0.396 e. The number of aliphatic hydroxyl groups is 18. The fourth-order valence-corrected chi connectivity index (χ4v) is 17.4. The summed E-state index contributed by atoms with van der Waals surface area (Å²) in [6.07, 6.45) is -36.9. The lowest BCUT2D eigenvalue weighted by atomic mass is 9.35. The molecular formula is C60H98O28. The van der Waals surface area contributed by atoms with E-state index in [1.807, 2.05) is 6.92 Å². The van der Waals surface area contributed by atoms with Crippen LogP contribution in [0.15, 0.2) is 23.3 Å². The molecule has 0 radical (unpaired) electrons. The first-order valence-corrected chi connectivity index (χ1v) is 31.2. The van der Waals surface area contributed by atoms with Gasteiger partial charge in [-0.05, 0) is 86.4 Å². The molecule has 28 nitrogen and oxygen atoms in total. The van der Waals surface area contributed by atoms with Crippen molar-refractivity contribution in [3.05, 3.63) is 23.3 Å². The number of ether oxygens (including phenoxy) is 10. The van der Waals surface area contributed by atoms with Crippen LogP contribution in [0.2, 0.25) is 0 Å². The first-order chi connectivity index (χ1) is 41.3. The second-order valence-corrected chi connectivity index (χ2v) is 28.7. The largest absolute Gasteiger partial charge is 0.396 e. The van der Waals surface area contributed by atoms with Gasteiger partial charge in [0.1, 0.15) is 116 Å². The molecule has 0 spiro atoms. The Hall–Kier alpha value is -1.64. The molecule has 0 amide bonds. The maximum atomic E-state index is 12.2. The van der Waals surface area contributed by atoms with Crippen molar-refractivity contribution in [1.82, 2.24) is 0 Å². The van der Waals surface area contributed by atoms with E-state index in [-0.39, 0.29) is 30.5 Å². The number of hydrogen-bond donors (Lipinski definition) is 18. The molecule has 10 rings (SSSR count). The molecule has 10 aliphatic rings. The Morgan fingerprint density at radius 2 is 0.977 bits per heavy atom. The first-order valence-electron chi connectivity index (χ1n) is 31.2. The van der Waals surface area contributed by atoms with E-state index in [2.05, 4.69) is 46.8 Å². The zero-order chi connectivity index (χ0) is 64.3. The summed E-state index contributed by atoms with van der Waals surface area (Å²) in [6.45, 7) is 10.8. The molecular weight excluding hydrogens is 1170 g/mol. The summed E-state index contributed by atoms with van der Waals surface area (Å²) in [5, 5.41) is 198. The third-order valence-corrected chi connectivity index (χ3v) is 23.2. The Labute approximate surface area is 510 Å². The number of fused-ring (bicyclic) bond motifs is 7. The van der Waals surface area contributed by atoms with Gasteiger partial charge in [-0.25, -0.2) is 0 Å². The van der Waals surface area contributed by atoms with Crippen molar-refractivity contribution in [3.8, 4) is 0 Å². The third-order valence-electron chi connectivity index (χ3n) is 23.2. The highest BCUT2D eigenvalue weighted by Crippen LogP contribution is 2.75. The van der Waals surface area contributed by atoms with E-state index in [1.165, 1.54) is 18.1 Å². The van der Waals surface area contributed by atoms with Crippen LogP contribution in [-0.2, 0) is 47.4 Å². The molecule has 88 heavy (non-hydrogen) atoms. The van der Waals surface area contributed by atoms with Crippen LogP contribution < -0.4 is 0 Å². The number of aliphatic hydroxyl groups excluding tert-OH is 18. The minimum absolute atomic E-state index is 0.00604. The van der Waals surface area contributed by atoms with Gasteiger partial charge in [0.2, 0.25) is 0 Å². The number of rotatable bonds is 16. The first kappa shape index (κ1) is 69.2. The fourth-order valence-electron chi connectivity index (χ4n) is 17.4. The molecule has 5 aliphatic carbocycles. The second-order valence-electron chi connectivity index (χ2n) is 28.7. The summed E-state index contributed by atoms with van der Waals surface area (Å²) in [4.78, 5) is 0. The lowest BCUT2D eigenvalue weighted by molar-refractivity contribution is -0.399. The van der Waals surface area contributed by atoms with Gasteiger partial charge in [-0.15, -0.1) is 0 Å². The van der Waals surface area contributed by atoms with Gasteiger partial charge < -0.3 is 139 Å². The van der Waals surface area contributed by atoms with E-state index in [1.54, 1.807) is 0 Å². The molecule has 5 aliphatic heterocycles. The molecule has 0 bridgehead atoms. The van der Waals surface area contributed by atoms with E-state index < -0.39 is 219 Å². The molecule has 4 saturated carbocycles. The smallest absolute Gasteiger partial charge is 0.187 e. The Bertz CT molecular complexity index is 2450. The zero-order valence-electron chi connectivity index (χ0n) is 50.9. The van der Waals surface area contributed by atoms with Crippen molar-refractivity contribution in [2.75, 3.05) is 39.6 Å². The van der Waals surface area contributed by atoms with Crippen molar-refractivity contribution >= 4 is 0 Å². The summed E-state index contributed by atoms with van der Waals surface area (Å²) >= 11 is 0. The van der Waals surface area contributed by atoms with Crippen LogP contribution >= 0.6 is 0 Å². The van der Waals surface area contributed by atoms with E-state index in [4.69, 9.17) is 47.4 Å². The number of allylic oxidation sites excluding steroid dienone is 4. The molecule has 0 aromatic heterocycles. The van der Waals surface area contributed by atoms with Gasteiger partial charge in [0.25, 0.3) is 0 Å². The van der Waals surface area contributed by atoms with Gasteiger partial charge in [-0.3, -0.25) is 0 Å². The molecule has 28 heteroatoms. The summed E-state index contributed by atoms with van der Waals surface area (Å²) < 4.78 is 60.5. The van der Waals surface area contributed by atoms with Crippen LogP contribution in [0.3, 0.4) is 0 Å². The van der Waals surface area contributed by atoms with Gasteiger partial charge in [-0.1, -0.05) is 64.8 Å². The van der Waals surface area contributed by atoms with Gasteiger partial charge in [0.05, 0.1) is 58.0 Å². The highest BCUT2D eigenvalue weighted by atomic mass is 16.8. The van der Waals surface area contributed by atoms with E-state index in [9.17, 15) is 91.9 Å². The van der Waals surface area contributed by atoms with Crippen molar-refractivity contribution in [2.24, 2.45) is 44.3 Å². The van der Waals surface area contributed by atoms with E-state index in [0.29, 0.717) is 32.1 Å². The Balaban J connectivity index is 0.897.